The van der Waals surface area contributed by atoms with Gasteiger partial charge in [0.05, 0.1) is 11.3 Å². The number of amides is 1. The van der Waals surface area contributed by atoms with Crippen molar-refractivity contribution in [3.8, 4) is 17.1 Å². The maximum absolute atomic E-state index is 12.8. The van der Waals surface area contributed by atoms with Crippen molar-refractivity contribution in [3.63, 3.8) is 0 Å². The Kier molecular flexibility index (Phi) is 4.76. The summed E-state index contributed by atoms with van der Waals surface area (Å²) >= 11 is 1.15. The van der Waals surface area contributed by atoms with E-state index in [-0.39, 0.29) is 23.2 Å². The number of nitrogens with zero attached hydrogens (tertiary/aromatic N) is 2. The molecule has 1 heterocycles. The monoisotopic (exact) mass is 344 g/mol. The summed E-state index contributed by atoms with van der Waals surface area (Å²) in [7, 11) is 0. The molecular formula is C16H13FN4O2S. The van der Waals surface area contributed by atoms with Gasteiger partial charge in [-0.15, -0.1) is 5.10 Å². The van der Waals surface area contributed by atoms with Crippen LogP contribution in [0.1, 0.15) is 0 Å². The van der Waals surface area contributed by atoms with Gasteiger partial charge in [0.15, 0.2) is 5.82 Å². The summed E-state index contributed by atoms with van der Waals surface area (Å²) in [4.78, 5) is 16.1. The normalized spacial score (nSPS) is 10.5. The highest BCUT2D eigenvalue weighted by Gasteiger charge is 2.11. The number of H-pyrrole nitrogens is 1. The average Bonchev–Trinajstić information content (AvgIpc) is 3.04. The zero-order valence-corrected chi connectivity index (χ0v) is 13.2. The van der Waals surface area contributed by atoms with Crippen molar-refractivity contribution in [2.45, 2.75) is 5.16 Å². The molecule has 1 amide bonds. The summed E-state index contributed by atoms with van der Waals surface area (Å²) in [6.07, 6.45) is 0. The summed E-state index contributed by atoms with van der Waals surface area (Å²) in [6.45, 7) is 0. The highest BCUT2D eigenvalue weighted by atomic mass is 32.2. The zero-order valence-electron chi connectivity index (χ0n) is 12.4. The van der Waals surface area contributed by atoms with Crippen LogP contribution in [0, 0.1) is 5.82 Å². The van der Waals surface area contributed by atoms with Crippen LogP contribution in [0.2, 0.25) is 0 Å². The van der Waals surface area contributed by atoms with Gasteiger partial charge in [0.1, 0.15) is 11.6 Å². The minimum atomic E-state index is -0.361. The molecule has 0 spiro atoms. The lowest BCUT2D eigenvalue weighted by molar-refractivity contribution is -0.113. The molecule has 0 unspecified atom stereocenters. The summed E-state index contributed by atoms with van der Waals surface area (Å²) < 4.78 is 12.8. The van der Waals surface area contributed by atoms with Crippen molar-refractivity contribution in [2.75, 3.05) is 11.1 Å². The van der Waals surface area contributed by atoms with E-state index in [9.17, 15) is 14.3 Å². The molecule has 3 aromatic rings. The SMILES string of the molecule is O=C(CSc1n[nH]c(-c2ccccc2O)n1)Nc1ccc(F)cc1. The molecule has 0 aliphatic heterocycles. The Balaban J connectivity index is 1.58. The molecule has 3 N–H and O–H groups in total. The topological polar surface area (TPSA) is 90.9 Å². The van der Waals surface area contributed by atoms with E-state index in [0.717, 1.165) is 11.8 Å². The van der Waals surface area contributed by atoms with Crippen LogP contribution in [0.15, 0.2) is 53.7 Å². The molecule has 8 heteroatoms. The molecule has 1 aromatic heterocycles. The van der Waals surface area contributed by atoms with E-state index in [4.69, 9.17) is 0 Å². The summed E-state index contributed by atoms with van der Waals surface area (Å²) in [6, 6.07) is 12.3. The third-order valence-corrected chi connectivity index (χ3v) is 3.93. The Morgan fingerprint density at radius 1 is 1.21 bits per heavy atom. The van der Waals surface area contributed by atoms with E-state index >= 15 is 0 Å². The molecule has 122 valence electrons. The first-order chi connectivity index (χ1) is 11.6. The van der Waals surface area contributed by atoms with E-state index in [1.165, 1.54) is 24.3 Å². The van der Waals surface area contributed by atoms with Gasteiger partial charge in [0.2, 0.25) is 11.1 Å². The lowest BCUT2D eigenvalue weighted by Crippen LogP contribution is -2.14. The van der Waals surface area contributed by atoms with Crippen molar-refractivity contribution in [3.05, 3.63) is 54.3 Å². The van der Waals surface area contributed by atoms with Gasteiger partial charge >= 0.3 is 0 Å². The number of hydrogen-bond acceptors (Lipinski definition) is 5. The molecule has 0 aliphatic rings. The number of aromatic nitrogens is 3. The Labute approximate surface area is 141 Å². The predicted molar refractivity (Wildman–Crippen MR) is 89.2 cm³/mol. The van der Waals surface area contributed by atoms with Crippen molar-refractivity contribution >= 4 is 23.4 Å². The first-order valence-corrected chi connectivity index (χ1v) is 7.99. The van der Waals surface area contributed by atoms with E-state index in [1.54, 1.807) is 24.3 Å². The summed E-state index contributed by atoms with van der Waals surface area (Å²) in [5.74, 6) is 0.0178. The second-order valence-electron chi connectivity index (χ2n) is 4.83. The van der Waals surface area contributed by atoms with Gasteiger partial charge in [-0.3, -0.25) is 9.89 Å². The van der Waals surface area contributed by atoms with Crippen LogP contribution in [-0.4, -0.2) is 31.9 Å². The number of carbonyl (C=O) groups excluding carboxylic acids is 1. The van der Waals surface area contributed by atoms with Crippen LogP contribution >= 0.6 is 11.8 Å². The number of phenolic OH excluding ortho intramolecular Hbond substituents is 1. The van der Waals surface area contributed by atoms with Crippen LogP contribution in [-0.2, 0) is 4.79 Å². The Hall–Kier alpha value is -2.87. The second kappa shape index (κ2) is 7.14. The third kappa shape index (κ3) is 3.90. The molecule has 0 fully saturated rings. The van der Waals surface area contributed by atoms with Crippen molar-refractivity contribution in [1.29, 1.82) is 0 Å². The fourth-order valence-corrected chi connectivity index (χ4v) is 2.56. The molecule has 2 aromatic carbocycles. The Morgan fingerprint density at radius 3 is 2.71 bits per heavy atom. The molecule has 3 rings (SSSR count). The van der Waals surface area contributed by atoms with Gasteiger partial charge in [-0.2, -0.15) is 0 Å². The second-order valence-corrected chi connectivity index (χ2v) is 5.77. The number of hydrogen-bond donors (Lipinski definition) is 3. The quantitative estimate of drug-likeness (QED) is 0.619. The van der Waals surface area contributed by atoms with Crippen molar-refractivity contribution < 1.29 is 14.3 Å². The molecule has 0 aliphatic carbocycles. The zero-order chi connectivity index (χ0) is 16.9. The number of nitrogens with one attached hydrogen (secondary N) is 2. The van der Waals surface area contributed by atoms with Gasteiger partial charge in [0.25, 0.3) is 0 Å². The number of aromatic hydroxyl groups is 1. The number of rotatable bonds is 5. The van der Waals surface area contributed by atoms with Crippen LogP contribution < -0.4 is 5.32 Å². The Morgan fingerprint density at radius 2 is 1.96 bits per heavy atom. The number of benzene rings is 2. The first kappa shape index (κ1) is 16.0. The lowest BCUT2D eigenvalue weighted by Gasteiger charge is -2.03. The van der Waals surface area contributed by atoms with E-state index < -0.39 is 0 Å². The highest BCUT2D eigenvalue weighted by molar-refractivity contribution is 7.99. The number of aromatic amines is 1. The van der Waals surface area contributed by atoms with Gasteiger partial charge in [-0.05, 0) is 36.4 Å². The number of para-hydroxylation sites is 1. The highest BCUT2D eigenvalue weighted by Crippen LogP contribution is 2.26. The van der Waals surface area contributed by atoms with Crippen LogP contribution in [0.3, 0.4) is 0 Å². The number of phenols is 1. The molecule has 24 heavy (non-hydrogen) atoms. The fourth-order valence-electron chi connectivity index (χ4n) is 1.97. The van der Waals surface area contributed by atoms with Gasteiger partial charge < -0.3 is 10.4 Å². The first-order valence-electron chi connectivity index (χ1n) is 7.01. The summed E-state index contributed by atoms with van der Waals surface area (Å²) in [5, 5.41) is 19.6. The van der Waals surface area contributed by atoms with E-state index in [1.807, 2.05) is 0 Å². The standard InChI is InChI=1S/C16H13FN4O2S/c17-10-5-7-11(8-6-10)18-14(23)9-24-16-19-15(20-21-16)12-3-1-2-4-13(12)22/h1-8,22H,9H2,(H,18,23)(H,19,20,21). The Bertz CT molecular complexity index is 851. The number of thioether (sulfide) groups is 1. The van der Waals surface area contributed by atoms with Crippen LogP contribution in [0.25, 0.3) is 11.4 Å². The number of anilines is 1. The van der Waals surface area contributed by atoms with Crippen molar-refractivity contribution in [2.24, 2.45) is 0 Å². The minimum absolute atomic E-state index is 0.0965. The van der Waals surface area contributed by atoms with Crippen LogP contribution in [0.5, 0.6) is 5.75 Å². The smallest absolute Gasteiger partial charge is 0.234 e. The molecule has 6 nitrogen and oxygen atoms in total. The maximum Gasteiger partial charge on any atom is 0.234 e. The van der Waals surface area contributed by atoms with Gasteiger partial charge in [0, 0.05) is 5.69 Å². The lowest BCUT2D eigenvalue weighted by atomic mass is 10.2. The van der Waals surface area contributed by atoms with Crippen molar-refractivity contribution in [1.82, 2.24) is 15.2 Å². The number of halogens is 1. The largest absolute Gasteiger partial charge is 0.507 e. The molecule has 0 saturated heterocycles. The molecule has 0 radical (unpaired) electrons. The van der Waals surface area contributed by atoms with Gasteiger partial charge in [-0.25, -0.2) is 9.37 Å². The molecule has 0 atom stereocenters. The van der Waals surface area contributed by atoms with E-state index in [0.29, 0.717) is 22.2 Å². The fraction of sp³-hybridized carbons (Fsp3) is 0.0625. The minimum Gasteiger partial charge on any atom is -0.507 e. The number of carbonyl (C=O) groups is 1. The molecule has 0 bridgehead atoms. The van der Waals surface area contributed by atoms with E-state index in [2.05, 4.69) is 20.5 Å². The maximum atomic E-state index is 12.8. The van der Waals surface area contributed by atoms with Gasteiger partial charge in [-0.1, -0.05) is 23.9 Å². The average molecular weight is 344 g/mol. The van der Waals surface area contributed by atoms with Crippen LogP contribution in [0.4, 0.5) is 10.1 Å². The third-order valence-electron chi connectivity index (χ3n) is 3.08. The summed E-state index contributed by atoms with van der Waals surface area (Å²) in [5.41, 5.74) is 1.06. The molecule has 0 saturated carbocycles. The molecular weight excluding hydrogens is 331 g/mol. The predicted octanol–water partition coefficient (Wildman–Crippen LogP) is 3.05.